The number of amides is 1. The van der Waals surface area contributed by atoms with Crippen LogP contribution in [0.5, 0.6) is 0 Å². The molecule has 1 heterocycles. The van der Waals surface area contributed by atoms with Gasteiger partial charge < -0.3 is 24.8 Å². The fourth-order valence-corrected chi connectivity index (χ4v) is 3.27. The van der Waals surface area contributed by atoms with E-state index in [1.165, 1.54) is 0 Å². The van der Waals surface area contributed by atoms with E-state index in [2.05, 4.69) is 0 Å². The molecule has 2 N–H and O–H groups in total. The van der Waals surface area contributed by atoms with Crippen molar-refractivity contribution in [1.82, 2.24) is 4.90 Å². The molecule has 0 bridgehead atoms. The quantitative estimate of drug-likeness (QED) is 0.804. The Morgan fingerprint density at radius 2 is 2.14 bits per heavy atom. The third kappa shape index (κ3) is 3.26. The van der Waals surface area contributed by atoms with Crippen molar-refractivity contribution in [2.45, 2.75) is 44.9 Å². The van der Waals surface area contributed by atoms with Crippen molar-refractivity contribution < 1.29 is 19.0 Å². The smallest absolute Gasteiger partial charge is 0.243 e. The molecule has 0 radical (unpaired) electrons. The van der Waals surface area contributed by atoms with Crippen LogP contribution in [0.1, 0.15) is 27.2 Å². The maximum Gasteiger partial charge on any atom is 0.243 e. The number of rotatable bonds is 5. The minimum Gasteiger partial charge on any atom is -0.382 e. The highest BCUT2D eigenvalue weighted by atomic mass is 35.5. The molecule has 1 aliphatic carbocycles. The van der Waals surface area contributed by atoms with Crippen molar-refractivity contribution in [3.63, 3.8) is 0 Å². The number of hydrogen-bond acceptors (Lipinski definition) is 5. The van der Waals surface area contributed by atoms with Crippen molar-refractivity contribution in [2.24, 2.45) is 11.1 Å². The van der Waals surface area contributed by atoms with Crippen LogP contribution in [0.3, 0.4) is 0 Å². The average Bonchev–Trinajstić information content (AvgIpc) is 2.46. The van der Waals surface area contributed by atoms with Crippen LogP contribution >= 0.6 is 12.4 Å². The summed E-state index contributed by atoms with van der Waals surface area (Å²) in [5, 5.41) is 0. The lowest BCUT2D eigenvalue weighted by Crippen LogP contribution is -2.76. The van der Waals surface area contributed by atoms with Crippen LogP contribution in [0, 0.1) is 5.41 Å². The third-order valence-corrected chi connectivity index (χ3v) is 4.99. The number of morpholine rings is 1. The summed E-state index contributed by atoms with van der Waals surface area (Å²) >= 11 is 0. The molecule has 3 atom stereocenters. The summed E-state index contributed by atoms with van der Waals surface area (Å²) in [6, 6.07) is 0. The average molecular weight is 337 g/mol. The van der Waals surface area contributed by atoms with Crippen LogP contribution in [-0.4, -0.2) is 68.6 Å². The standard InChI is InChI=1S/C15H28N2O4.ClH/c1-5-20-12-8-15(16,14(12,2)3)13(18)17-6-7-21-11(9-17)10-19-4;/h11-12H,5-10,16H2,1-4H3;1H. The molecular formula is C15H29ClN2O4. The van der Waals surface area contributed by atoms with Crippen molar-refractivity contribution in [3.05, 3.63) is 0 Å². The summed E-state index contributed by atoms with van der Waals surface area (Å²) in [5.41, 5.74) is 5.25. The zero-order valence-corrected chi connectivity index (χ0v) is 14.8. The number of halogens is 1. The first kappa shape index (κ1) is 19.6. The predicted molar refractivity (Wildman–Crippen MR) is 86.2 cm³/mol. The van der Waals surface area contributed by atoms with Crippen molar-refractivity contribution in [3.8, 4) is 0 Å². The lowest BCUT2D eigenvalue weighted by molar-refractivity contribution is -0.184. The van der Waals surface area contributed by atoms with Crippen LogP contribution in [-0.2, 0) is 19.0 Å². The molecule has 7 heteroatoms. The second kappa shape index (κ2) is 7.45. The van der Waals surface area contributed by atoms with Crippen molar-refractivity contribution >= 4 is 18.3 Å². The Kier molecular flexibility index (Phi) is 6.65. The Morgan fingerprint density at radius 3 is 2.68 bits per heavy atom. The molecule has 2 rings (SSSR count). The number of carbonyl (C=O) groups is 1. The van der Waals surface area contributed by atoms with Gasteiger partial charge in [-0.05, 0) is 6.92 Å². The highest BCUT2D eigenvalue weighted by Crippen LogP contribution is 2.50. The van der Waals surface area contributed by atoms with Gasteiger partial charge in [0.15, 0.2) is 0 Å². The van der Waals surface area contributed by atoms with Gasteiger partial charge in [0.05, 0.1) is 25.4 Å². The van der Waals surface area contributed by atoms with Crippen LogP contribution in [0.25, 0.3) is 0 Å². The topological polar surface area (TPSA) is 74.0 Å². The van der Waals surface area contributed by atoms with E-state index in [4.69, 9.17) is 19.9 Å². The van der Waals surface area contributed by atoms with Crippen LogP contribution < -0.4 is 5.73 Å². The molecule has 130 valence electrons. The Hall–Kier alpha value is -0.400. The number of hydrogen-bond donors (Lipinski definition) is 1. The molecular weight excluding hydrogens is 308 g/mol. The summed E-state index contributed by atoms with van der Waals surface area (Å²) in [4.78, 5) is 14.7. The first-order chi connectivity index (χ1) is 9.86. The molecule has 0 spiro atoms. The molecule has 1 saturated heterocycles. The van der Waals surface area contributed by atoms with E-state index in [-0.39, 0.29) is 35.9 Å². The summed E-state index contributed by atoms with van der Waals surface area (Å²) in [6.45, 7) is 8.80. The number of methoxy groups -OCH3 is 1. The fourth-order valence-electron chi connectivity index (χ4n) is 3.27. The first-order valence-electron chi connectivity index (χ1n) is 7.67. The normalized spacial score (nSPS) is 33.8. The maximum absolute atomic E-state index is 12.9. The SMILES string of the molecule is CCOC1CC(N)(C(=O)N2CCOC(COC)C2)C1(C)C.Cl. The van der Waals surface area contributed by atoms with E-state index in [1.54, 1.807) is 7.11 Å². The van der Waals surface area contributed by atoms with Crippen LogP contribution in [0.4, 0.5) is 0 Å². The monoisotopic (exact) mass is 336 g/mol. The Bertz CT molecular complexity index is 392. The molecule has 0 aromatic rings. The zero-order chi connectivity index (χ0) is 15.7. The molecule has 2 fully saturated rings. The molecule has 1 amide bonds. The van der Waals surface area contributed by atoms with E-state index < -0.39 is 5.54 Å². The first-order valence-corrected chi connectivity index (χ1v) is 7.67. The maximum atomic E-state index is 12.9. The van der Waals surface area contributed by atoms with Gasteiger partial charge in [-0.3, -0.25) is 4.79 Å². The molecule has 1 saturated carbocycles. The summed E-state index contributed by atoms with van der Waals surface area (Å²) in [7, 11) is 1.64. The zero-order valence-electron chi connectivity index (χ0n) is 14.0. The lowest BCUT2D eigenvalue weighted by atomic mass is 9.54. The summed E-state index contributed by atoms with van der Waals surface area (Å²) < 4.78 is 16.4. The lowest BCUT2D eigenvalue weighted by Gasteiger charge is -2.59. The second-order valence-electron chi connectivity index (χ2n) is 6.54. The van der Waals surface area contributed by atoms with Gasteiger partial charge >= 0.3 is 0 Å². The Balaban J connectivity index is 0.00000242. The summed E-state index contributed by atoms with van der Waals surface area (Å²) in [6.07, 6.45) is 0.563. The Morgan fingerprint density at radius 1 is 1.45 bits per heavy atom. The van der Waals surface area contributed by atoms with Crippen LogP contribution in [0.2, 0.25) is 0 Å². The largest absolute Gasteiger partial charge is 0.382 e. The summed E-state index contributed by atoms with van der Waals surface area (Å²) in [5.74, 6) is 0.00727. The van der Waals surface area contributed by atoms with E-state index in [1.807, 2.05) is 25.7 Å². The van der Waals surface area contributed by atoms with Crippen molar-refractivity contribution in [1.29, 1.82) is 0 Å². The molecule has 1 aliphatic heterocycles. The minimum atomic E-state index is -0.845. The third-order valence-electron chi connectivity index (χ3n) is 4.99. The highest BCUT2D eigenvalue weighted by molar-refractivity contribution is 5.89. The van der Waals surface area contributed by atoms with E-state index >= 15 is 0 Å². The van der Waals surface area contributed by atoms with Gasteiger partial charge in [-0.15, -0.1) is 12.4 Å². The molecule has 2 aliphatic rings. The van der Waals surface area contributed by atoms with Gasteiger partial charge in [-0.2, -0.15) is 0 Å². The van der Waals surface area contributed by atoms with Gasteiger partial charge in [-0.25, -0.2) is 0 Å². The predicted octanol–water partition coefficient (Wildman–Crippen LogP) is 0.815. The number of nitrogens with zero attached hydrogens (tertiary/aromatic N) is 1. The van der Waals surface area contributed by atoms with Gasteiger partial charge in [0, 0.05) is 38.6 Å². The van der Waals surface area contributed by atoms with Gasteiger partial charge in [0.2, 0.25) is 5.91 Å². The molecule has 0 aromatic heterocycles. The fraction of sp³-hybridized carbons (Fsp3) is 0.933. The molecule has 0 aromatic carbocycles. The van der Waals surface area contributed by atoms with Crippen molar-refractivity contribution in [2.75, 3.05) is 40.0 Å². The molecule has 6 nitrogen and oxygen atoms in total. The van der Waals surface area contributed by atoms with Gasteiger partial charge in [0.25, 0.3) is 0 Å². The van der Waals surface area contributed by atoms with Crippen LogP contribution in [0.15, 0.2) is 0 Å². The van der Waals surface area contributed by atoms with Gasteiger partial charge in [0.1, 0.15) is 5.54 Å². The second-order valence-corrected chi connectivity index (χ2v) is 6.54. The van der Waals surface area contributed by atoms with Gasteiger partial charge in [-0.1, -0.05) is 13.8 Å². The van der Waals surface area contributed by atoms with E-state index in [0.717, 1.165) is 0 Å². The highest BCUT2D eigenvalue weighted by Gasteiger charge is 2.63. The minimum absolute atomic E-state index is 0. The molecule has 22 heavy (non-hydrogen) atoms. The molecule has 3 unspecified atom stereocenters. The Labute approximate surface area is 139 Å². The number of nitrogens with two attached hydrogens (primary N) is 1. The van der Waals surface area contributed by atoms with E-state index in [9.17, 15) is 4.79 Å². The number of ether oxygens (including phenoxy) is 3. The van der Waals surface area contributed by atoms with E-state index in [0.29, 0.717) is 39.3 Å². The number of carbonyl (C=O) groups excluding carboxylic acids is 1.